The minimum absolute atomic E-state index is 0.285. The molecule has 1 fully saturated rings. The maximum absolute atomic E-state index is 10.6. The zero-order valence-corrected chi connectivity index (χ0v) is 12.9. The standard InChI is InChI=1S/C15H19BrO3/c1-9(2)12-13(15(17)4-5-15)10(16)8-11-14(12)19-7-3-6-18-11/h8-9,17H,3-7H2,1-2H3. The molecule has 0 bridgehead atoms. The number of halogens is 1. The van der Waals surface area contributed by atoms with Gasteiger partial charge in [-0.2, -0.15) is 0 Å². The summed E-state index contributed by atoms with van der Waals surface area (Å²) in [7, 11) is 0. The molecule has 1 heterocycles. The van der Waals surface area contributed by atoms with Crippen LogP contribution in [0.15, 0.2) is 10.5 Å². The van der Waals surface area contributed by atoms with E-state index in [4.69, 9.17) is 9.47 Å². The number of hydrogen-bond donors (Lipinski definition) is 1. The van der Waals surface area contributed by atoms with Crippen LogP contribution in [0.3, 0.4) is 0 Å². The van der Waals surface area contributed by atoms with Gasteiger partial charge in [0.05, 0.1) is 18.8 Å². The number of ether oxygens (including phenoxy) is 2. The van der Waals surface area contributed by atoms with E-state index in [0.29, 0.717) is 13.2 Å². The summed E-state index contributed by atoms with van der Waals surface area (Å²) in [4.78, 5) is 0. The molecule has 2 aliphatic rings. The Morgan fingerprint density at radius 2 is 1.95 bits per heavy atom. The normalized spacial score (nSPS) is 20.3. The number of aliphatic hydroxyl groups is 1. The van der Waals surface area contributed by atoms with Crippen LogP contribution in [0.4, 0.5) is 0 Å². The van der Waals surface area contributed by atoms with Crippen molar-refractivity contribution in [1.82, 2.24) is 0 Å². The molecule has 1 N–H and O–H groups in total. The summed E-state index contributed by atoms with van der Waals surface area (Å²) < 4.78 is 12.6. The van der Waals surface area contributed by atoms with Crippen molar-refractivity contribution in [1.29, 1.82) is 0 Å². The maximum Gasteiger partial charge on any atom is 0.165 e. The topological polar surface area (TPSA) is 38.7 Å². The van der Waals surface area contributed by atoms with Gasteiger partial charge in [-0.1, -0.05) is 29.8 Å². The summed E-state index contributed by atoms with van der Waals surface area (Å²) in [6.45, 7) is 5.61. The summed E-state index contributed by atoms with van der Waals surface area (Å²) >= 11 is 3.60. The SMILES string of the molecule is CC(C)c1c2c(cc(Br)c1C1(O)CC1)OCCCO2. The third-order valence-electron chi connectivity index (χ3n) is 3.79. The fourth-order valence-electron chi connectivity index (χ4n) is 2.69. The van der Waals surface area contributed by atoms with E-state index in [1.165, 1.54) is 0 Å². The highest BCUT2D eigenvalue weighted by Gasteiger charge is 2.46. The molecule has 0 spiro atoms. The second kappa shape index (κ2) is 4.67. The molecule has 1 aromatic carbocycles. The lowest BCUT2D eigenvalue weighted by atomic mass is 9.91. The van der Waals surface area contributed by atoms with E-state index >= 15 is 0 Å². The predicted octanol–water partition coefficient (Wildman–Crippen LogP) is 3.72. The van der Waals surface area contributed by atoms with Crippen LogP contribution < -0.4 is 9.47 Å². The van der Waals surface area contributed by atoms with Gasteiger partial charge in [-0.3, -0.25) is 0 Å². The van der Waals surface area contributed by atoms with Crippen LogP contribution >= 0.6 is 15.9 Å². The second-order valence-corrected chi connectivity index (χ2v) is 6.57. The molecular formula is C15H19BrO3. The zero-order valence-electron chi connectivity index (χ0n) is 11.3. The molecule has 1 aliphatic carbocycles. The molecule has 1 aromatic rings. The van der Waals surface area contributed by atoms with Crippen molar-refractivity contribution >= 4 is 15.9 Å². The largest absolute Gasteiger partial charge is 0.490 e. The summed E-state index contributed by atoms with van der Waals surface area (Å²) in [5.41, 5.74) is 1.40. The Morgan fingerprint density at radius 3 is 2.58 bits per heavy atom. The molecule has 1 aliphatic heterocycles. The first-order chi connectivity index (χ1) is 9.03. The van der Waals surface area contributed by atoms with Crippen LogP contribution in [0, 0.1) is 0 Å². The summed E-state index contributed by atoms with van der Waals surface area (Å²) in [5.74, 6) is 1.90. The van der Waals surface area contributed by atoms with E-state index in [1.54, 1.807) is 0 Å². The lowest BCUT2D eigenvalue weighted by molar-refractivity contribution is 0.148. The Bertz CT molecular complexity index is 507. The first-order valence-corrected chi connectivity index (χ1v) is 7.67. The van der Waals surface area contributed by atoms with E-state index < -0.39 is 5.60 Å². The Morgan fingerprint density at radius 1 is 1.26 bits per heavy atom. The molecule has 0 aromatic heterocycles. The number of rotatable bonds is 2. The van der Waals surface area contributed by atoms with Crippen LogP contribution in [-0.4, -0.2) is 18.3 Å². The number of benzene rings is 1. The van der Waals surface area contributed by atoms with Gasteiger partial charge in [0.2, 0.25) is 0 Å². The van der Waals surface area contributed by atoms with E-state index in [-0.39, 0.29) is 5.92 Å². The highest BCUT2D eigenvalue weighted by Crippen LogP contribution is 2.54. The summed E-state index contributed by atoms with van der Waals surface area (Å²) in [5, 5.41) is 10.6. The molecular weight excluding hydrogens is 308 g/mol. The molecule has 104 valence electrons. The van der Waals surface area contributed by atoms with Crippen LogP contribution in [0.1, 0.15) is 50.2 Å². The Labute approximate surface area is 122 Å². The fraction of sp³-hybridized carbons (Fsp3) is 0.600. The lowest BCUT2D eigenvalue weighted by Crippen LogP contribution is -2.13. The van der Waals surface area contributed by atoms with Gasteiger partial charge in [-0.05, 0) is 24.8 Å². The fourth-order valence-corrected chi connectivity index (χ4v) is 3.48. The van der Waals surface area contributed by atoms with Gasteiger partial charge >= 0.3 is 0 Å². The average Bonchev–Trinajstić information content (AvgIpc) is 3.11. The average molecular weight is 327 g/mol. The molecule has 19 heavy (non-hydrogen) atoms. The Kier molecular flexibility index (Phi) is 3.26. The van der Waals surface area contributed by atoms with Crippen molar-refractivity contribution in [2.24, 2.45) is 0 Å². The van der Waals surface area contributed by atoms with Crippen LogP contribution in [0.2, 0.25) is 0 Å². The quantitative estimate of drug-likeness (QED) is 0.900. The predicted molar refractivity (Wildman–Crippen MR) is 77.0 cm³/mol. The molecule has 0 unspecified atom stereocenters. The molecule has 0 atom stereocenters. The van der Waals surface area contributed by atoms with Crippen LogP contribution in [0.25, 0.3) is 0 Å². The van der Waals surface area contributed by atoms with Gasteiger partial charge < -0.3 is 14.6 Å². The van der Waals surface area contributed by atoms with Crippen LogP contribution in [0.5, 0.6) is 11.5 Å². The third-order valence-corrected chi connectivity index (χ3v) is 4.42. The van der Waals surface area contributed by atoms with Crippen molar-refractivity contribution in [3.8, 4) is 11.5 Å². The van der Waals surface area contributed by atoms with E-state index in [9.17, 15) is 5.11 Å². The van der Waals surface area contributed by atoms with Gasteiger partial charge in [0.25, 0.3) is 0 Å². The first kappa shape index (κ1) is 13.3. The molecule has 3 rings (SSSR count). The first-order valence-electron chi connectivity index (χ1n) is 6.88. The van der Waals surface area contributed by atoms with Crippen molar-refractivity contribution in [2.75, 3.05) is 13.2 Å². The van der Waals surface area contributed by atoms with Gasteiger partial charge in [0, 0.05) is 22.0 Å². The molecule has 0 saturated heterocycles. The number of hydrogen-bond acceptors (Lipinski definition) is 3. The molecule has 0 radical (unpaired) electrons. The molecule has 0 amide bonds. The lowest BCUT2D eigenvalue weighted by Gasteiger charge is -2.23. The summed E-state index contributed by atoms with van der Waals surface area (Å²) in [6.07, 6.45) is 2.54. The Hall–Kier alpha value is -0.740. The highest BCUT2D eigenvalue weighted by atomic mass is 79.9. The molecule has 3 nitrogen and oxygen atoms in total. The third kappa shape index (κ3) is 2.25. The van der Waals surface area contributed by atoms with Gasteiger partial charge in [0.1, 0.15) is 0 Å². The summed E-state index contributed by atoms with van der Waals surface area (Å²) in [6, 6.07) is 1.94. The van der Waals surface area contributed by atoms with Crippen molar-refractivity contribution in [2.45, 2.75) is 44.6 Å². The van der Waals surface area contributed by atoms with Gasteiger partial charge in [0.15, 0.2) is 11.5 Å². The van der Waals surface area contributed by atoms with Gasteiger partial charge in [-0.15, -0.1) is 0 Å². The van der Waals surface area contributed by atoms with Crippen LogP contribution in [-0.2, 0) is 5.60 Å². The Balaban J connectivity index is 2.22. The minimum atomic E-state index is -0.677. The number of fused-ring (bicyclic) bond motifs is 1. The van der Waals surface area contributed by atoms with Gasteiger partial charge in [-0.25, -0.2) is 0 Å². The highest BCUT2D eigenvalue weighted by molar-refractivity contribution is 9.10. The zero-order chi connectivity index (χ0) is 13.6. The van der Waals surface area contributed by atoms with E-state index in [2.05, 4.69) is 29.8 Å². The molecule has 1 saturated carbocycles. The molecule has 4 heteroatoms. The monoisotopic (exact) mass is 326 g/mol. The van der Waals surface area contributed by atoms with E-state index in [0.717, 1.165) is 46.4 Å². The van der Waals surface area contributed by atoms with Crippen molar-refractivity contribution < 1.29 is 14.6 Å². The van der Waals surface area contributed by atoms with E-state index in [1.807, 2.05) is 6.07 Å². The second-order valence-electron chi connectivity index (χ2n) is 5.71. The maximum atomic E-state index is 10.6. The minimum Gasteiger partial charge on any atom is -0.490 e. The van der Waals surface area contributed by atoms with Crippen molar-refractivity contribution in [3.63, 3.8) is 0 Å². The van der Waals surface area contributed by atoms with Crippen molar-refractivity contribution in [3.05, 3.63) is 21.7 Å². The smallest absolute Gasteiger partial charge is 0.165 e.